The Hall–Kier alpha value is -3.08. The molecule has 0 spiro atoms. The van der Waals surface area contributed by atoms with Gasteiger partial charge in [0.15, 0.2) is 11.2 Å². The minimum Gasteiger partial charge on any atom is -0.305 e. The molecule has 1 N–H and O–H groups in total. The number of aromatic nitrogens is 3. The summed E-state index contributed by atoms with van der Waals surface area (Å²) in [7, 11) is 0. The first-order valence-electron chi connectivity index (χ1n) is 6.46. The van der Waals surface area contributed by atoms with E-state index in [2.05, 4.69) is 15.0 Å². The molecule has 0 radical (unpaired) electrons. The molecule has 0 aliphatic heterocycles. The molecule has 4 rings (SSSR count). The van der Waals surface area contributed by atoms with Crippen molar-refractivity contribution in [3.63, 3.8) is 0 Å². The van der Waals surface area contributed by atoms with Crippen LogP contribution >= 0.6 is 0 Å². The van der Waals surface area contributed by atoms with Crippen molar-refractivity contribution in [2.45, 2.75) is 0 Å². The summed E-state index contributed by atoms with van der Waals surface area (Å²) >= 11 is 0. The van der Waals surface area contributed by atoms with E-state index < -0.39 is 0 Å². The second-order valence-electron chi connectivity index (χ2n) is 4.74. The van der Waals surface area contributed by atoms with Gasteiger partial charge in [-0.1, -0.05) is 30.3 Å². The molecule has 0 aliphatic rings. The molecule has 0 atom stereocenters. The molecule has 0 bridgehead atoms. The minimum absolute atomic E-state index is 0.173. The van der Waals surface area contributed by atoms with Crippen LogP contribution in [0.25, 0.3) is 33.0 Å². The van der Waals surface area contributed by atoms with Crippen LogP contribution in [0.2, 0.25) is 0 Å². The second kappa shape index (κ2) is 4.21. The SMILES string of the molecule is O=c1[nH]c2nc3ccccc3nc2c(=O)c2ccccc12. The van der Waals surface area contributed by atoms with Crippen LogP contribution in [0.15, 0.2) is 58.1 Å². The van der Waals surface area contributed by atoms with Crippen molar-refractivity contribution >= 4 is 33.0 Å². The molecule has 100 valence electrons. The van der Waals surface area contributed by atoms with Crippen molar-refractivity contribution in [2.24, 2.45) is 0 Å². The Labute approximate surface area is 117 Å². The van der Waals surface area contributed by atoms with Crippen molar-refractivity contribution in [1.29, 1.82) is 0 Å². The Balaban J connectivity index is 2.38. The van der Waals surface area contributed by atoms with Crippen molar-refractivity contribution < 1.29 is 0 Å². The van der Waals surface area contributed by atoms with Crippen molar-refractivity contribution in [3.05, 3.63) is 69.1 Å². The summed E-state index contributed by atoms with van der Waals surface area (Å²) in [5.41, 5.74) is 1.000. The van der Waals surface area contributed by atoms with Crippen LogP contribution in [0.4, 0.5) is 0 Å². The zero-order chi connectivity index (χ0) is 14.4. The summed E-state index contributed by atoms with van der Waals surface area (Å²) in [6.45, 7) is 0. The zero-order valence-electron chi connectivity index (χ0n) is 10.8. The molecule has 0 fully saturated rings. The Morgan fingerprint density at radius 2 is 1.38 bits per heavy atom. The smallest absolute Gasteiger partial charge is 0.257 e. The number of aromatic amines is 1. The lowest BCUT2D eigenvalue weighted by Gasteiger charge is -1.96. The summed E-state index contributed by atoms with van der Waals surface area (Å²) in [5.74, 6) is 0. The highest BCUT2D eigenvalue weighted by Crippen LogP contribution is 2.12. The number of para-hydroxylation sites is 2. The molecular formula is C16H9N3O2. The fraction of sp³-hybridized carbons (Fsp3) is 0. The molecule has 2 aromatic heterocycles. The van der Waals surface area contributed by atoms with Gasteiger partial charge in [-0.05, 0) is 18.2 Å². The predicted octanol–water partition coefficient (Wildman–Crippen LogP) is 1.98. The standard InChI is InChI=1S/C16H9N3O2/c20-14-9-5-1-2-6-10(9)16(21)19-15-13(14)17-11-7-3-4-8-12(11)18-15/h1-8H,(H,18,19,21). The summed E-state index contributed by atoms with van der Waals surface area (Å²) < 4.78 is 0. The topological polar surface area (TPSA) is 75.7 Å². The third kappa shape index (κ3) is 1.71. The summed E-state index contributed by atoms with van der Waals surface area (Å²) in [5, 5.41) is 0.685. The molecule has 5 nitrogen and oxygen atoms in total. The monoisotopic (exact) mass is 275 g/mol. The molecule has 2 heterocycles. The predicted molar refractivity (Wildman–Crippen MR) is 81.4 cm³/mol. The van der Waals surface area contributed by atoms with Crippen LogP contribution in [-0.4, -0.2) is 15.0 Å². The maximum Gasteiger partial charge on any atom is 0.257 e. The average molecular weight is 275 g/mol. The number of rotatable bonds is 0. The van der Waals surface area contributed by atoms with Crippen LogP contribution in [-0.2, 0) is 0 Å². The third-order valence-corrected chi connectivity index (χ3v) is 3.43. The number of hydrogen-bond donors (Lipinski definition) is 1. The molecule has 0 unspecified atom stereocenters. The Bertz CT molecular complexity index is 1130. The molecule has 5 heteroatoms. The van der Waals surface area contributed by atoms with Gasteiger partial charge in [-0.3, -0.25) is 9.59 Å². The average Bonchev–Trinajstić information content (AvgIpc) is 2.62. The third-order valence-electron chi connectivity index (χ3n) is 3.43. The van der Waals surface area contributed by atoms with E-state index in [1.165, 1.54) is 0 Å². The first-order chi connectivity index (χ1) is 10.2. The van der Waals surface area contributed by atoms with Gasteiger partial charge in [-0.25, -0.2) is 9.97 Å². The molecular weight excluding hydrogens is 266 g/mol. The highest BCUT2D eigenvalue weighted by atomic mass is 16.1. The number of nitrogens with one attached hydrogen (secondary N) is 1. The van der Waals surface area contributed by atoms with Gasteiger partial charge in [-0.2, -0.15) is 0 Å². The van der Waals surface area contributed by atoms with Crippen molar-refractivity contribution in [2.75, 3.05) is 0 Å². The van der Waals surface area contributed by atoms with E-state index in [4.69, 9.17) is 0 Å². The Morgan fingerprint density at radius 3 is 2.14 bits per heavy atom. The summed E-state index contributed by atoms with van der Waals surface area (Å²) in [6.07, 6.45) is 0. The summed E-state index contributed by atoms with van der Waals surface area (Å²) in [4.78, 5) is 36.2. The van der Waals surface area contributed by atoms with Gasteiger partial charge in [-0.15, -0.1) is 0 Å². The van der Waals surface area contributed by atoms with Gasteiger partial charge >= 0.3 is 0 Å². The summed E-state index contributed by atoms with van der Waals surface area (Å²) in [6, 6.07) is 13.9. The minimum atomic E-state index is -0.345. The van der Waals surface area contributed by atoms with Crippen LogP contribution in [0.1, 0.15) is 0 Å². The van der Waals surface area contributed by atoms with E-state index in [1.807, 2.05) is 12.1 Å². The zero-order valence-corrected chi connectivity index (χ0v) is 10.8. The first-order valence-corrected chi connectivity index (χ1v) is 6.46. The fourth-order valence-electron chi connectivity index (χ4n) is 2.43. The van der Waals surface area contributed by atoms with E-state index in [9.17, 15) is 9.59 Å². The highest BCUT2D eigenvalue weighted by Gasteiger charge is 2.09. The fourth-order valence-corrected chi connectivity index (χ4v) is 2.43. The molecule has 4 aromatic rings. The van der Waals surface area contributed by atoms with E-state index in [0.717, 1.165) is 0 Å². The van der Waals surface area contributed by atoms with Crippen LogP contribution in [0.3, 0.4) is 0 Å². The molecule has 0 saturated carbocycles. The van der Waals surface area contributed by atoms with Gasteiger partial charge in [0.1, 0.15) is 0 Å². The maximum absolute atomic E-state index is 12.6. The second-order valence-corrected chi connectivity index (χ2v) is 4.74. The number of hydrogen-bond acceptors (Lipinski definition) is 4. The highest BCUT2D eigenvalue weighted by molar-refractivity contribution is 5.90. The van der Waals surface area contributed by atoms with E-state index in [0.29, 0.717) is 21.8 Å². The van der Waals surface area contributed by atoms with Crippen molar-refractivity contribution in [1.82, 2.24) is 15.0 Å². The van der Waals surface area contributed by atoms with Gasteiger partial charge in [0, 0.05) is 5.39 Å². The van der Waals surface area contributed by atoms with E-state index in [-0.39, 0.29) is 22.2 Å². The lowest BCUT2D eigenvalue weighted by Crippen LogP contribution is -2.03. The Morgan fingerprint density at radius 1 is 0.762 bits per heavy atom. The molecule has 0 amide bonds. The van der Waals surface area contributed by atoms with Crippen molar-refractivity contribution in [3.8, 4) is 0 Å². The molecule has 21 heavy (non-hydrogen) atoms. The maximum atomic E-state index is 12.6. The van der Waals surface area contributed by atoms with E-state index >= 15 is 0 Å². The largest absolute Gasteiger partial charge is 0.305 e. The molecule has 2 aromatic carbocycles. The number of fused-ring (bicyclic) bond motifs is 3. The first kappa shape index (κ1) is 11.7. The van der Waals surface area contributed by atoms with E-state index in [1.54, 1.807) is 36.4 Å². The van der Waals surface area contributed by atoms with Gasteiger partial charge in [0.05, 0.1) is 16.4 Å². The van der Waals surface area contributed by atoms with Gasteiger partial charge < -0.3 is 4.98 Å². The normalized spacial score (nSPS) is 11.2. The van der Waals surface area contributed by atoms with Crippen LogP contribution < -0.4 is 11.0 Å². The molecule has 0 aliphatic carbocycles. The quantitative estimate of drug-likeness (QED) is 0.532. The Kier molecular flexibility index (Phi) is 2.35. The number of H-pyrrole nitrogens is 1. The van der Waals surface area contributed by atoms with Gasteiger partial charge in [0.2, 0.25) is 5.43 Å². The van der Waals surface area contributed by atoms with Gasteiger partial charge in [0.25, 0.3) is 5.56 Å². The lowest BCUT2D eigenvalue weighted by molar-refractivity contribution is 1.27. The van der Waals surface area contributed by atoms with Crippen LogP contribution in [0.5, 0.6) is 0 Å². The lowest BCUT2D eigenvalue weighted by atomic mass is 10.2. The number of nitrogens with zero attached hydrogens (tertiary/aromatic N) is 2. The molecule has 0 saturated heterocycles. The number of benzene rings is 2. The van der Waals surface area contributed by atoms with Crippen LogP contribution in [0, 0.1) is 0 Å².